The molecule has 1 aliphatic rings. The largest absolute Gasteiger partial charge is 0.343 e. The van der Waals surface area contributed by atoms with Crippen molar-refractivity contribution < 1.29 is 23.2 Å². The van der Waals surface area contributed by atoms with Gasteiger partial charge >= 0.3 is 6.03 Å². The first-order valence-corrected chi connectivity index (χ1v) is 7.41. The van der Waals surface area contributed by atoms with Crippen molar-refractivity contribution in [2.45, 2.75) is 18.9 Å². The average molecular weight is 350 g/mol. The van der Waals surface area contributed by atoms with Crippen molar-refractivity contribution in [1.82, 2.24) is 15.1 Å². The van der Waals surface area contributed by atoms with Crippen LogP contribution in [0.5, 0.6) is 0 Å². The summed E-state index contributed by atoms with van der Waals surface area (Å²) in [5, 5.41) is 10.9. The number of hydrogen-bond acceptors (Lipinski definition) is 4. The van der Waals surface area contributed by atoms with Crippen LogP contribution < -0.4 is 5.32 Å². The van der Waals surface area contributed by atoms with Crippen molar-refractivity contribution in [3.8, 4) is 6.07 Å². The maximum atomic E-state index is 13.5. The Kier molecular flexibility index (Phi) is 5.02. The smallest absolute Gasteiger partial charge is 0.325 e. The lowest BCUT2D eigenvalue weighted by atomic mass is 9.92. The summed E-state index contributed by atoms with van der Waals surface area (Å²) in [5.74, 6) is -3.49. The second-order valence-corrected chi connectivity index (χ2v) is 5.80. The van der Waals surface area contributed by atoms with Gasteiger partial charge in [-0.25, -0.2) is 13.6 Å². The van der Waals surface area contributed by atoms with E-state index in [4.69, 9.17) is 5.26 Å². The Morgan fingerprint density at radius 3 is 2.64 bits per heavy atom. The highest BCUT2D eigenvalue weighted by Crippen LogP contribution is 2.29. The highest BCUT2D eigenvalue weighted by Gasteiger charge is 2.49. The number of amides is 4. The molecule has 1 atom stereocenters. The van der Waals surface area contributed by atoms with Crippen molar-refractivity contribution in [1.29, 1.82) is 5.26 Å². The molecule has 1 unspecified atom stereocenters. The molecule has 0 aliphatic carbocycles. The summed E-state index contributed by atoms with van der Waals surface area (Å²) in [7, 11) is 1.45. The number of nitrogens with zero attached hydrogens (tertiary/aromatic N) is 3. The zero-order valence-corrected chi connectivity index (χ0v) is 13.7. The van der Waals surface area contributed by atoms with Gasteiger partial charge in [-0.3, -0.25) is 14.5 Å². The number of carbonyl (C=O) groups is 3. The van der Waals surface area contributed by atoms with Gasteiger partial charge in [-0.1, -0.05) is 6.07 Å². The summed E-state index contributed by atoms with van der Waals surface area (Å²) in [6, 6.07) is 3.97. The molecular formula is C16H16F2N4O3. The topological polar surface area (TPSA) is 93.5 Å². The Morgan fingerprint density at radius 1 is 1.36 bits per heavy atom. The fraction of sp³-hybridized carbons (Fsp3) is 0.375. The van der Waals surface area contributed by atoms with Crippen LogP contribution in [-0.2, 0) is 15.1 Å². The Hall–Kier alpha value is -3.02. The number of imide groups is 1. The molecule has 0 saturated carbocycles. The van der Waals surface area contributed by atoms with Gasteiger partial charge in [0.1, 0.15) is 12.1 Å². The highest BCUT2D eigenvalue weighted by molar-refractivity contribution is 6.09. The lowest BCUT2D eigenvalue weighted by Gasteiger charge is -2.23. The molecule has 1 aromatic rings. The van der Waals surface area contributed by atoms with Crippen molar-refractivity contribution in [2.75, 3.05) is 20.1 Å². The van der Waals surface area contributed by atoms with Gasteiger partial charge in [0.05, 0.1) is 12.5 Å². The molecule has 25 heavy (non-hydrogen) atoms. The highest BCUT2D eigenvalue weighted by atomic mass is 19.2. The number of likely N-dealkylation sites (N-methyl/N-ethyl adjacent to an activating group) is 1. The number of nitriles is 1. The SMILES string of the molecule is CN(CCC#N)C(=O)CN1C(=O)NC(C)(c2ccc(F)c(F)c2)C1=O. The molecule has 7 nitrogen and oxygen atoms in total. The lowest BCUT2D eigenvalue weighted by Crippen LogP contribution is -2.43. The Balaban J connectivity index is 2.20. The fourth-order valence-corrected chi connectivity index (χ4v) is 2.44. The van der Waals surface area contributed by atoms with Crippen LogP contribution in [0.2, 0.25) is 0 Å². The number of benzene rings is 1. The number of halogens is 2. The summed E-state index contributed by atoms with van der Waals surface area (Å²) >= 11 is 0. The van der Waals surface area contributed by atoms with Crippen molar-refractivity contribution >= 4 is 17.8 Å². The second kappa shape index (κ2) is 6.84. The normalized spacial score (nSPS) is 19.6. The zero-order valence-electron chi connectivity index (χ0n) is 13.7. The number of rotatable bonds is 5. The molecular weight excluding hydrogens is 334 g/mol. The monoisotopic (exact) mass is 350 g/mol. The molecule has 0 radical (unpaired) electrons. The molecule has 1 fully saturated rings. The van der Waals surface area contributed by atoms with Crippen molar-refractivity contribution in [2.24, 2.45) is 0 Å². The van der Waals surface area contributed by atoms with Gasteiger partial charge < -0.3 is 10.2 Å². The van der Waals surface area contributed by atoms with Crippen LogP contribution in [0.25, 0.3) is 0 Å². The number of hydrogen-bond donors (Lipinski definition) is 1. The van der Waals surface area contributed by atoms with Gasteiger partial charge in [0.15, 0.2) is 11.6 Å². The van der Waals surface area contributed by atoms with Gasteiger partial charge in [-0.05, 0) is 24.6 Å². The summed E-state index contributed by atoms with van der Waals surface area (Å²) < 4.78 is 26.6. The van der Waals surface area contributed by atoms with Crippen LogP contribution in [0, 0.1) is 23.0 Å². The Labute approximate surface area is 142 Å². The molecule has 0 aromatic heterocycles. The minimum Gasteiger partial charge on any atom is -0.343 e. The molecule has 1 aromatic carbocycles. The van der Waals surface area contributed by atoms with Crippen LogP contribution in [0.1, 0.15) is 18.9 Å². The second-order valence-electron chi connectivity index (χ2n) is 5.80. The molecule has 9 heteroatoms. The summed E-state index contributed by atoms with van der Waals surface area (Å²) in [6.07, 6.45) is 0.120. The van der Waals surface area contributed by atoms with Gasteiger partial charge in [-0.15, -0.1) is 0 Å². The predicted molar refractivity (Wildman–Crippen MR) is 81.8 cm³/mol. The summed E-state index contributed by atoms with van der Waals surface area (Å²) in [4.78, 5) is 38.7. The molecule has 2 rings (SSSR count). The van der Waals surface area contributed by atoms with Crippen molar-refractivity contribution in [3.63, 3.8) is 0 Å². The van der Waals surface area contributed by atoms with Crippen LogP contribution in [0.4, 0.5) is 13.6 Å². The zero-order chi connectivity index (χ0) is 18.8. The van der Waals surface area contributed by atoms with Crippen molar-refractivity contribution in [3.05, 3.63) is 35.4 Å². The van der Waals surface area contributed by atoms with E-state index in [9.17, 15) is 23.2 Å². The van der Waals surface area contributed by atoms with Gasteiger partial charge in [-0.2, -0.15) is 5.26 Å². The third-order valence-electron chi connectivity index (χ3n) is 4.05. The van der Waals surface area contributed by atoms with E-state index < -0.39 is 41.6 Å². The minimum absolute atomic E-state index is 0.0672. The maximum Gasteiger partial charge on any atom is 0.325 e. The molecule has 1 saturated heterocycles. The van der Waals surface area contributed by atoms with Crippen LogP contribution in [0.15, 0.2) is 18.2 Å². The molecule has 0 bridgehead atoms. The van der Waals surface area contributed by atoms with E-state index in [2.05, 4.69) is 5.32 Å². The van der Waals surface area contributed by atoms with Gasteiger partial charge in [0, 0.05) is 13.6 Å². The first-order valence-electron chi connectivity index (χ1n) is 7.41. The molecule has 1 aliphatic heterocycles. The van der Waals surface area contributed by atoms with Crippen LogP contribution in [-0.4, -0.2) is 47.8 Å². The van der Waals surface area contributed by atoms with E-state index in [1.54, 1.807) is 0 Å². The average Bonchev–Trinajstić information content (AvgIpc) is 2.79. The van der Waals surface area contributed by atoms with E-state index in [1.807, 2.05) is 6.07 Å². The fourth-order valence-electron chi connectivity index (χ4n) is 2.44. The minimum atomic E-state index is -1.60. The molecule has 1 N–H and O–H groups in total. The summed E-state index contributed by atoms with van der Waals surface area (Å²) in [6.45, 7) is 1.01. The molecule has 4 amide bonds. The van der Waals surface area contributed by atoms with E-state index in [1.165, 1.54) is 24.9 Å². The molecule has 1 heterocycles. The first-order chi connectivity index (χ1) is 11.7. The van der Waals surface area contributed by atoms with E-state index >= 15 is 0 Å². The molecule has 132 valence electrons. The Morgan fingerprint density at radius 2 is 2.04 bits per heavy atom. The lowest BCUT2D eigenvalue weighted by molar-refractivity contribution is -0.138. The number of nitrogens with one attached hydrogen (secondary N) is 1. The van der Waals surface area contributed by atoms with Gasteiger partial charge in [0.25, 0.3) is 5.91 Å². The third kappa shape index (κ3) is 3.42. The van der Waals surface area contributed by atoms with E-state index in [0.29, 0.717) is 4.90 Å². The van der Waals surface area contributed by atoms with Crippen LogP contribution in [0.3, 0.4) is 0 Å². The van der Waals surface area contributed by atoms with Crippen LogP contribution >= 0.6 is 0 Å². The Bertz CT molecular complexity index is 777. The predicted octanol–water partition coefficient (Wildman–Crippen LogP) is 1.10. The third-order valence-corrected chi connectivity index (χ3v) is 4.05. The van der Waals surface area contributed by atoms with Gasteiger partial charge in [0.2, 0.25) is 5.91 Å². The number of urea groups is 1. The maximum absolute atomic E-state index is 13.5. The van der Waals surface area contributed by atoms with E-state index in [0.717, 1.165) is 12.1 Å². The number of carbonyl (C=O) groups excluding carboxylic acids is 3. The standard InChI is InChI=1S/C16H16F2N4O3/c1-16(10-4-5-11(17)12(18)8-10)14(24)22(15(25)20-16)9-13(23)21(2)7-3-6-19/h4-5,8H,3,7,9H2,1-2H3,(H,20,25). The quantitative estimate of drug-likeness (QED) is 0.805. The summed E-state index contributed by atoms with van der Waals surface area (Å²) in [5.41, 5.74) is -1.53. The molecule has 0 spiro atoms. The first kappa shape index (κ1) is 18.3. The van der Waals surface area contributed by atoms with E-state index in [-0.39, 0.29) is 18.5 Å².